The van der Waals surface area contributed by atoms with Crippen LogP contribution in [0.4, 0.5) is 0 Å². The maximum atomic E-state index is 11.8. The van der Waals surface area contributed by atoms with Crippen molar-refractivity contribution in [1.29, 1.82) is 0 Å². The van der Waals surface area contributed by atoms with Gasteiger partial charge in [-0.25, -0.2) is 4.79 Å². The Hall–Kier alpha value is -2.81. The Balaban J connectivity index is 0.000000284. The fourth-order valence-corrected chi connectivity index (χ4v) is 7.35. The minimum absolute atomic E-state index is 0.158. The normalized spacial score (nSPS) is 10.3. The zero-order valence-electron chi connectivity index (χ0n) is 27.2. The number of esters is 1. The van der Waals surface area contributed by atoms with Crippen LogP contribution < -0.4 is 0 Å². The summed E-state index contributed by atoms with van der Waals surface area (Å²) in [5.74, 6) is 4.22. The number of carbonyl (C=O) groups is 2. The van der Waals surface area contributed by atoms with E-state index in [9.17, 15) is 9.59 Å². The molecule has 47 heavy (non-hydrogen) atoms. The highest BCUT2D eigenvalue weighted by atomic mass is 35.5. The van der Waals surface area contributed by atoms with E-state index in [2.05, 4.69) is 105 Å². The van der Waals surface area contributed by atoms with Gasteiger partial charge in [0.15, 0.2) is 0 Å². The van der Waals surface area contributed by atoms with Gasteiger partial charge < -0.3 is 4.74 Å². The van der Waals surface area contributed by atoms with Gasteiger partial charge in [0, 0.05) is 53.7 Å². The quantitative estimate of drug-likeness (QED) is 0.0524. The number of hydrogen-bond donors (Lipinski definition) is 0. The molecule has 4 rings (SSSR count). The molecule has 0 saturated heterocycles. The molecule has 0 heterocycles. The Labute approximate surface area is 303 Å². The highest BCUT2D eigenvalue weighted by Crippen LogP contribution is 2.26. The number of carbonyl (C=O) groups excluding carboxylic acids is 2. The summed E-state index contributed by atoms with van der Waals surface area (Å²) >= 11 is 12.2. The molecule has 0 aromatic heterocycles. The second-order valence-corrected chi connectivity index (χ2v) is 15.2. The van der Waals surface area contributed by atoms with Gasteiger partial charge in [-0.15, -0.1) is 47.0 Å². The molecule has 0 aliphatic heterocycles. The summed E-state index contributed by atoms with van der Waals surface area (Å²) < 4.78 is 5.58. The maximum Gasteiger partial charge on any atom is 0.333 e. The molecule has 0 bridgehead atoms. The lowest BCUT2D eigenvalue weighted by Gasteiger charge is -2.17. The Morgan fingerprint density at radius 2 is 0.851 bits per heavy atom. The first-order valence-electron chi connectivity index (χ1n) is 15.1. The summed E-state index contributed by atoms with van der Waals surface area (Å²) in [7, 11) is 0. The number of ether oxygens (including phenoxy) is 1. The Morgan fingerprint density at radius 3 is 1.11 bits per heavy atom. The van der Waals surface area contributed by atoms with Crippen LogP contribution in [0, 0.1) is 5.92 Å². The van der Waals surface area contributed by atoms with E-state index >= 15 is 0 Å². The first-order valence-corrected chi connectivity index (χ1v) is 19.4. The van der Waals surface area contributed by atoms with Crippen molar-refractivity contribution in [2.24, 2.45) is 5.92 Å². The molecule has 0 unspecified atom stereocenters. The molecule has 0 aliphatic rings. The molecular weight excluding hydrogens is 680 g/mol. The molecule has 0 N–H and O–H groups in total. The topological polar surface area (TPSA) is 43.4 Å². The summed E-state index contributed by atoms with van der Waals surface area (Å²) in [4.78, 5) is 26.7. The van der Waals surface area contributed by atoms with Crippen LogP contribution in [0.5, 0.6) is 0 Å². The minimum Gasteiger partial charge on any atom is -0.457 e. The van der Waals surface area contributed by atoms with Crippen molar-refractivity contribution in [3.05, 3.63) is 146 Å². The van der Waals surface area contributed by atoms with Gasteiger partial charge in [0.2, 0.25) is 5.24 Å². The molecule has 0 aliphatic carbocycles. The third-order valence-corrected chi connectivity index (χ3v) is 11.2. The van der Waals surface area contributed by atoms with Crippen LogP contribution in [0.3, 0.4) is 0 Å². The van der Waals surface area contributed by atoms with E-state index in [1.54, 1.807) is 37.4 Å². The lowest BCUT2D eigenvalue weighted by Crippen LogP contribution is -2.23. The summed E-state index contributed by atoms with van der Waals surface area (Å²) in [6, 6.07) is 41.6. The predicted molar refractivity (Wildman–Crippen MR) is 208 cm³/mol. The molecule has 248 valence electrons. The van der Waals surface area contributed by atoms with Crippen LogP contribution in [0.2, 0.25) is 0 Å². The number of benzene rings is 4. The lowest BCUT2D eigenvalue weighted by molar-refractivity contribution is -0.142. The van der Waals surface area contributed by atoms with Crippen molar-refractivity contribution in [3.8, 4) is 0 Å². The predicted octanol–water partition coefficient (Wildman–Crippen LogP) is 11.6. The summed E-state index contributed by atoms with van der Waals surface area (Å²) in [5, 5.41) is -0.463. The van der Waals surface area contributed by atoms with Crippen molar-refractivity contribution in [3.63, 3.8) is 0 Å². The van der Waals surface area contributed by atoms with Gasteiger partial charge in [-0.05, 0) is 79.9 Å². The second-order valence-electron chi connectivity index (χ2n) is 10.5. The van der Waals surface area contributed by atoms with E-state index < -0.39 is 5.24 Å². The fraction of sp³-hybridized carbons (Fsp3) is 0.231. The molecule has 3 nitrogen and oxygen atoms in total. The summed E-state index contributed by atoms with van der Waals surface area (Å²) in [5.41, 5.74) is 0.820. The minimum atomic E-state index is -0.463. The van der Waals surface area contributed by atoms with Crippen LogP contribution in [0.15, 0.2) is 165 Å². The average molecular weight is 723 g/mol. The molecule has 0 radical (unpaired) electrons. The third-order valence-electron chi connectivity index (χ3n) is 5.87. The molecule has 0 amide bonds. The molecule has 0 atom stereocenters. The van der Waals surface area contributed by atoms with E-state index in [-0.39, 0.29) is 12.1 Å². The van der Waals surface area contributed by atoms with Crippen molar-refractivity contribution in [2.75, 3.05) is 23.0 Å². The highest BCUT2D eigenvalue weighted by molar-refractivity contribution is 8.00. The zero-order chi connectivity index (χ0) is 34.3. The second kappa shape index (κ2) is 24.3. The SMILES string of the molecule is C=C(C)C(=O)Cl.C=C(C)C(=O)OC(CSc1ccccc1)CSc1ccccc1.CC(CSc1ccccc1)CSc1ccccc1. The van der Waals surface area contributed by atoms with Crippen molar-refractivity contribution in [1.82, 2.24) is 0 Å². The first-order chi connectivity index (χ1) is 22.6. The van der Waals surface area contributed by atoms with Crippen LogP contribution in [-0.4, -0.2) is 40.3 Å². The Bertz CT molecular complexity index is 1370. The number of hydrogen-bond acceptors (Lipinski definition) is 7. The van der Waals surface area contributed by atoms with Crippen molar-refractivity contribution >= 4 is 69.9 Å². The standard InChI is InChI=1S/C19H20O2S2.C16H18S2.C4H5ClO/c1-15(2)19(20)21-16(13-22-17-9-5-3-6-10-17)14-23-18-11-7-4-8-12-18;1-14(12-17-15-8-4-2-5-9-15)13-18-16-10-6-3-7-11-16;1-3(2)4(5)6/h3-12,16H,1,13-14H2,2H3;2-11,14H,12-13H2,1H3;1H2,2H3. The van der Waals surface area contributed by atoms with Gasteiger partial charge in [-0.1, -0.05) is 92.9 Å². The van der Waals surface area contributed by atoms with Crippen molar-refractivity contribution in [2.45, 2.75) is 46.5 Å². The van der Waals surface area contributed by atoms with Crippen LogP contribution in [-0.2, 0) is 14.3 Å². The monoisotopic (exact) mass is 722 g/mol. The largest absolute Gasteiger partial charge is 0.457 e. The molecular formula is C39H43ClO3S4. The summed E-state index contributed by atoms with van der Waals surface area (Å²) in [6.07, 6.45) is -0.158. The molecule has 8 heteroatoms. The van der Waals surface area contributed by atoms with Gasteiger partial charge >= 0.3 is 5.97 Å². The van der Waals surface area contributed by atoms with E-state index in [0.29, 0.717) is 11.1 Å². The Kier molecular flexibility index (Phi) is 20.9. The third kappa shape index (κ3) is 19.6. The van der Waals surface area contributed by atoms with Gasteiger partial charge in [0.05, 0.1) is 0 Å². The zero-order valence-corrected chi connectivity index (χ0v) is 31.2. The number of rotatable bonds is 15. The first kappa shape index (κ1) is 40.4. The summed E-state index contributed by atoms with van der Waals surface area (Å²) in [6.45, 7) is 12.5. The van der Waals surface area contributed by atoms with Crippen LogP contribution >= 0.6 is 58.6 Å². The van der Waals surface area contributed by atoms with E-state index in [4.69, 9.17) is 16.3 Å². The van der Waals surface area contributed by atoms with E-state index in [1.165, 1.54) is 31.1 Å². The average Bonchev–Trinajstić information content (AvgIpc) is 3.10. The van der Waals surface area contributed by atoms with Gasteiger partial charge in [-0.2, -0.15) is 0 Å². The lowest BCUT2D eigenvalue weighted by atomic mass is 10.3. The van der Waals surface area contributed by atoms with Crippen molar-refractivity contribution < 1.29 is 14.3 Å². The number of thioether (sulfide) groups is 4. The van der Waals surface area contributed by atoms with Gasteiger partial charge in [-0.3, -0.25) is 4.79 Å². The maximum absolute atomic E-state index is 11.8. The van der Waals surface area contributed by atoms with E-state index in [0.717, 1.165) is 17.4 Å². The van der Waals surface area contributed by atoms with Gasteiger partial charge in [0.25, 0.3) is 0 Å². The molecule has 0 saturated carbocycles. The molecule has 4 aromatic rings. The molecule has 0 spiro atoms. The van der Waals surface area contributed by atoms with Gasteiger partial charge in [0.1, 0.15) is 6.10 Å². The van der Waals surface area contributed by atoms with E-state index in [1.807, 2.05) is 59.9 Å². The Morgan fingerprint density at radius 1 is 0.574 bits per heavy atom. The molecule has 4 aromatic carbocycles. The number of halogens is 1. The fourth-order valence-electron chi connectivity index (χ4n) is 3.34. The number of allylic oxidation sites excluding steroid dienone is 1. The smallest absolute Gasteiger partial charge is 0.333 e. The van der Waals surface area contributed by atoms with Crippen LogP contribution in [0.1, 0.15) is 20.8 Å². The highest BCUT2D eigenvalue weighted by Gasteiger charge is 2.16. The van der Waals surface area contributed by atoms with Crippen LogP contribution in [0.25, 0.3) is 0 Å². The molecule has 0 fully saturated rings.